The second kappa shape index (κ2) is 4.58. The molecule has 0 saturated carbocycles. The standard InChI is InChI=1S/C9H18N2O2/c1-8(7-12)10-3-5-11(6-4-10)9(2)13/h8,12H,3-7H2,1-2H3. The Labute approximate surface area is 79.1 Å². The number of carbonyl (C=O) groups is 1. The predicted octanol–water partition coefficient (Wildman–Crippen LogP) is -0.469. The quantitative estimate of drug-likeness (QED) is 0.634. The van der Waals surface area contributed by atoms with E-state index >= 15 is 0 Å². The van der Waals surface area contributed by atoms with Crippen LogP contribution in [0.5, 0.6) is 0 Å². The minimum absolute atomic E-state index is 0.149. The van der Waals surface area contributed by atoms with Crippen molar-refractivity contribution >= 4 is 5.91 Å². The van der Waals surface area contributed by atoms with Crippen LogP contribution >= 0.6 is 0 Å². The summed E-state index contributed by atoms with van der Waals surface area (Å²) < 4.78 is 0. The van der Waals surface area contributed by atoms with Gasteiger partial charge in [-0.25, -0.2) is 0 Å². The zero-order chi connectivity index (χ0) is 9.84. The summed E-state index contributed by atoms with van der Waals surface area (Å²) in [4.78, 5) is 15.1. The molecule has 4 nitrogen and oxygen atoms in total. The molecule has 1 fully saturated rings. The summed E-state index contributed by atoms with van der Waals surface area (Å²) in [5, 5.41) is 8.94. The van der Waals surface area contributed by atoms with Crippen LogP contribution in [0.3, 0.4) is 0 Å². The van der Waals surface area contributed by atoms with Crippen LogP contribution in [-0.4, -0.2) is 59.6 Å². The summed E-state index contributed by atoms with van der Waals surface area (Å²) in [5.41, 5.74) is 0. The zero-order valence-electron chi connectivity index (χ0n) is 8.36. The molecule has 0 bridgehead atoms. The van der Waals surface area contributed by atoms with Gasteiger partial charge in [0.2, 0.25) is 5.91 Å². The number of hydrogen-bond acceptors (Lipinski definition) is 3. The lowest BCUT2D eigenvalue weighted by atomic mass is 10.2. The van der Waals surface area contributed by atoms with E-state index in [9.17, 15) is 4.79 Å². The van der Waals surface area contributed by atoms with Gasteiger partial charge >= 0.3 is 0 Å². The number of hydrogen-bond donors (Lipinski definition) is 1. The van der Waals surface area contributed by atoms with Crippen LogP contribution in [0.1, 0.15) is 13.8 Å². The Bertz CT molecular complexity index is 176. The van der Waals surface area contributed by atoms with Crippen molar-refractivity contribution in [3.05, 3.63) is 0 Å². The predicted molar refractivity (Wildman–Crippen MR) is 50.4 cm³/mol. The van der Waals surface area contributed by atoms with E-state index in [2.05, 4.69) is 4.90 Å². The van der Waals surface area contributed by atoms with E-state index in [0.29, 0.717) is 0 Å². The van der Waals surface area contributed by atoms with Crippen molar-refractivity contribution in [1.82, 2.24) is 9.80 Å². The monoisotopic (exact) mass is 186 g/mol. The van der Waals surface area contributed by atoms with Crippen LogP contribution in [-0.2, 0) is 4.79 Å². The van der Waals surface area contributed by atoms with Crippen LogP contribution < -0.4 is 0 Å². The van der Waals surface area contributed by atoms with Gasteiger partial charge in [-0.3, -0.25) is 9.69 Å². The summed E-state index contributed by atoms with van der Waals surface area (Å²) >= 11 is 0. The van der Waals surface area contributed by atoms with Gasteiger partial charge in [0.15, 0.2) is 0 Å². The van der Waals surface area contributed by atoms with E-state index in [-0.39, 0.29) is 18.6 Å². The molecule has 0 aromatic carbocycles. The maximum Gasteiger partial charge on any atom is 0.219 e. The minimum Gasteiger partial charge on any atom is -0.395 e. The molecule has 0 aromatic rings. The molecular formula is C9H18N2O2. The van der Waals surface area contributed by atoms with Crippen molar-refractivity contribution in [2.75, 3.05) is 32.8 Å². The van der Waals surface area contributed by atoms with Gasteiger partial charge in [-0.1, -0.05) is 0 Å². The summed E-state index contributed by atoms with van der Waals surface area (Å²) in [6.07, 6.45) is 0. The van der Waals surface area contributed by atoms with Gasteiger partial charge in [-0.05, 0) is 6.92 Å². The number of aliphatic hydroxyl groups is 1. The molecule has 1 atom stereocenters. The molecule has 1 amide bonds. The second-order valence-electron chi connectivity index (χ2n) is 3.57. The molecule has 0 aromatic heterocycles. The molecular weight excluding hydrogens is 168 g/mol. The second-order valence-corrected chi connectivity index (χ2v) is 3.57. The average Bonchev–Trinajstić information content (AvgIpc) is 2.17. The van der Waals surface area contributed by atoms with Gasteiger partial charge in [0.05, 0.1) is 6.61 Å². The van der Waals surface area contributed by atoms with Crippen LogP contribution in [0.2, 0.25) is 0 Å². The van der Waals surface area contributed by atoms with Gasteiger partial charge < -0.3 is 10.0 Å². The molecule has 1 heterocycles. The molecule has 4 heteroatoms. The molecule has 1 saturated heterocycles. The van der Waals surface area contributed by atoms with Crippen molar-refractivity contribution in [2.24, 2.45) is 0 Å². The summed E-state index contributed by atoms with van der Waals surface area (Å²) in [6, 6.07) is 0.217. The number of amides is 1. The van der Waals surface area contributed by atoms with Gasteiger partial charge in [0, 0.05) is 39.1 Å². The Morgan fingerprint density at radius 2 is 1.92 bits per heavy atom. The van der Waals surface area contributed by atoms with E-state index in [4.69, 9.17) is 5.11 Å². The molecule has 0 aliphatic carbocycles. The van der Waals surface area contributed by atoms with E-state index in [1.54, 1.807) is 6.92 Å². The fourth-order valence-electron chi connectivity index (χ4n) is 1.59. The highest BCUT2D eigenvalue weighted by Gasteiger charge is 2.21. The summed E-state index contributed by atoms with van der Waals surface area (Å²) in [7, 11) is 0. The van der Waals surface area contributed by atoms with E-state index in [1.807, 2.05) is 11.8 Å². The third-order valence-electron chi connectivity index (χ3n) is 2.65. The molecule has 13 heavy (non-hydrogen) atoms. The summed E-state index contributed by atoms with van der Waals surface area (Å²) in [6.45, 7) is 7.14. The lowest BCUT2D eigenvalue weighted by Gasteiger charge is -2.37. The largest absolute Gasteiger partial charge is 0.395 e. The lowest BCUT2D eigenvalue weighted by molar-refractivity contribution is -0.130. The Kier molecular flexibility index (Phi) is 3.69. The topological polar surface area (TPSA) is 43.8 Å². The normalized spacial score (nSPS) is 21.6. The van der Waals surface area contributed by atoms with Crippen molar-refractivity contribution in [2.45, 2.75) is 19.9 Å². The van der Waals surface area contributed by atoms with E-state index in [0.717, 1.165) is 26.2 Å². The van der Waals surface area contributed by atoms with E-state index < -0.39 is 0 Å². The molecule has 1 rings (SSSR count). The zero-order valence-corrected chi connectivity index (χ0v) is 8.36. The number of rotatable bonds is 2. The van der Waals surface area contributed by atoms with Crippen molar-refractivity contribution in [3.8, 4) is 0 Å². The highest BCUT2D eigenvalue weighted by molar-refractivity contribution is 5.73. The van der Waals surface area contributed by atoms with Crippen LogP contribution in [0, 0.1) is 0 Å². The first kappa shape index (κ1) is 10.5. The number of aliphatic hydroxyl groups excluding tert-OH is 1. The Morgan fingerprint density at radius 3 is 2.31 bits per heavy atom. The fraction of sp³-hybridized carbons (Fsp3) is 0.889. The maximum atomic E-state index is 11.0. The van der Waals surface area contributed by atoms with Crippen molar-refractivity contribution in [1.29, 1.82) is 0 Å². The first-order chi connectivity index (χ1) is 6.15. The first-order valence-corrected chi connectivity index (χ1v) is 4.75. The molecule has 0 spiro atoms. The van der Waals surface area contributed by atoms with Crippen LogP contribution in [0.25, 0.3) is 0 Å². The molecule has 76 valence electrons. The highest BCUT2D eigenvalue weighted by atomic mass is 16.3. The molecule has 1 aliphatic heterocycles. The highest BCUT2D eigenvalue weighted by Crippen LogP contribution is 2.05. The third kappa shape index (κ3) is 2.67. The lowest BCUT2D eigenvalue weighted by Crippen LogP contribution is -2.51. The Balaban J connectivity index is 2.34. The molecule has 1 unspecified atom stereocenters. The van der Waals surface area contributed by atoms with Gasteiger partial charge in [-0.15, -0.1) is 0 Å². The van der Waals surface area contributed by atoms with Gasteiger partial charge in [0.25, 0.3) is 0 Å². The fourth-order valence-corrected chi connectivity index (χ4v) is 1.59. The van der Waals surface area contributed by atoms with Crippen LogP contribution in [0.15, 0.2) is 0 Å². The Hall–Kier alpha value is -0.610. The SMILES string of the molecule is CC(=O)N1CCN(C(C)CO)CC1. The van der Waals surface area contributed by atoms with Crippen LogP contribution in [0.4, 0.5) is 0 Å². The first-order valence-electron chi connectivity index (χ1n) is 4.75. The Morgan fingerprint density at radius 1 is 1.38 bits per heavy atom. The summed E-state index contributed by atoms with van der Waals surface area (Å²) in [5.74, 6) is 0.149. The molecule has 1 N–H and O–H groups in total. The van der Waals surface area contributed by atoms with Crippen molar-refractivity contribution in [3.63, 3.8) is 0 Å². The molecule has 1 aliphatic rings. The maximum absolute atomic E-state index is 11.0. The smallest absolute Gasteiger partial charge is 0.219 e. The number of carbonyl (C=O) groups excluding carboxylic acids is 1. The van der Waals surface area contributed by atoms with Gasteiger partial charge in [-0.2, -0.15) is 0 Å². The number of piperazine rings is 1. The molecule has 0 radical (unpaired) electrons. The minimum atomic E-state index is 0.149. The average molecular weight is 186 g/mol. The number of nitrogens with zero attached hydrogens (tertiary/aromatic N) is 2. The van der Waals surface area contributed by atoms with Gasteiger partial charge in [0.1, 0.15) is 0 Å². The van der Waals surface area contributed by atoms with E-state index in [1.165, 1.54) is 0 Å². The van der Waals surface area contributed by atoms with Crippen molar-refractivity contribution < 1.29 is 9.90 Å². The third-order valence-corrected chi connectivity index (χ3v) is 2.65.